The van der Waals surface area contributed by atoms with E-state index in [2.05, 4.69) is 17.6 Å². The second kappa shape index (κ2) is 14.8. The van der Waals surface area contributed by atoms with E-state index in [1.807, 2.05) is 6.26 Å². The number of hydrogen-bond donors (Lipinski definition) is 3. The number of phenolic OH excluding ortho intramolecular Hbond substituents is 1. The minimum atomic E-state index is -0.892. The van der Waals surface area contributed by atoms with Crippen molar-refractivity contribution >= 4 is 29.7 Å². The SMILES string of the molecule is CCCCCNC(=O)C(c1ccc(O)cc1)N(CC)C(=O)C(CCSC)NC(=O)OC(C)(C)C. The average molecular weight is 496 g/mol. The Morgan fingerprint density at radius 3 is 2.29 bits per heavy atom. The number of alkyl carbamates (subject to hydrolysis) is 1. The van der Waals surface area contributed by atoms with Crippen molar-refractivity contribution in [2.75, 3.05) is 25.1 Å². The molecule has 9 heteroatoms. The normalized spacial score (nSPS) is 13.0. The number of unbranched alkanes of at least 4 members (excludes halogenated alkanes) is 2. The van der Waals surface area contributed by atoms with Crippen LogP contribution in [0.4, 0.5) is 4.79 Å². The Morgan fingerprint density at radius 1 is 1.12 bits per heavy atom. The molecule has 0 fully saturated rings. The molecule has 2 atom stereocenters. The van der Waals surface area contributed by atoms with Crippen LogP contribution in [0.5, 0.6) is 5.75 Å². The average Bonchev–Trinajstić information content (AvgIpc) is 2.76. The van der Waals surface area contributed by atoms with Gasteiger partial charge >= 0.3 is 6.09 Å². The molecule has 1 rings (SSSR count). The number of hydrogen-bond acceptors (Lipinski definition) is 6. The molecule has 0 aliphatic rings. The molecule has 0 spiro atoms. The van der Waals surface area contributed by atoms with E-state index in [-0.39, 0.29) is 24.1 Å². The molecule has 192 valence electrons. The summed E-state index contributed by atoms with van der Waals surface area (Å²) in [7, 11) is 0. The third-order valence-corrected chi connectivity index (χ3v) is 5.72. The van der Waals surface area contributed by atoms with Crippen LogP contribution in [-0.2, 0) is 14.3 Å². The zero-order valence-electron chi connectivity index (χ0n) is 21.3. The van der Waals surface area contributed by atoms with Crippen LogP contribution in [0.2, 0.25) is 0 Å². The van der Waals surface area contributed by atoms with Crippen molar-refractivity contribution in [1.82, 2.24) is 15.5 Å². The number of carbonyl (C=O) groups is 3. The zero-order chi connectivity index (χ0) is 25.7. The van der Waals surface area contributed by atoms with Gasteiger partial charge in [0.25, 0.3) is 0 Å². The molecular formula is C25H41N3O5S. The second-order valence-corrected chi connectivity index (χ2v) is 10.1. The number of thioether (sulfide) groups is 1. The number of nitrogens with one attached hydrogen (secondary N) is 2. The number of aromatic hydroxyl groups is 1. The van der Waals surface area contributed by atoms with Gasteiger partial charge in [-0.15, -0.1) is 0 Å². The number of phenols is 1. The van der Waals surface area contributed by atoms with Gasteiger partial charge in [0.05, 0.1) is 0 Å². The molecule has 0 bridgehead atoms. The predicted octanol–water partition coefficient (Wildman–Crippen LogP) is 4.23. The van der Waals surface area contributed by atoms with Crippen LogP contribution < -0.4 is 10.6 Å². The fourth-order valence-electron chi connectivity index (χ4n) is 3.42. The van der Waals surface area contributed by atoms with Crippen molar-refractivity contribution in [1.29, 1.82) is 0 Å². The molecular weight excluding hydrogens is 454 g/mol. The molecule has 0 aromatic heterocycles. The van der Waals surface area contributed by atoms with Crippen LogP contribution in [0.25, 0.3) is 0 Å². The summed E-state index contributed by atoms with van der Waals surface area (Å²) >= 11 is 1.57. The van der Waals surface area contributed by atoms with Crippen LogP contribution in [0.3, 0.4) is 0 Å². The van der Waals surface area contributed by atoms with Crippen molar-refractivity contribution in [2.24, 2.45) is 0 Å². The summed E-state index contributed by atoms with van der Waals surface area (Å²) in [6, 6.07) is 4.54. The maximum Gasteiger partial charge on any atom is 0.408 e. The molecule has 0 heterocycles. The molecule has 34 heavy (non-hydrogen) atoms. The summed E-state index contributed by atoms with van der Waals surface area (Å²) in [4.78, 5) is 40.8. The predicted molar refractivity (Wildman–Crippen MR) is 137 cm³/mol. The van der Waals surface area contributed by atoms with E-state index in [0.29, 0.717) is 24.3 Å². The Labute approximate surface area is 208 Å². The van der Waals surface area contributed by atoms with E-state index in [9.17, 15) is 19.5 Å². The van der Waals surface area contributed by atoms with Gasteiger partial charge < -0.3 is 25.4 Å². The van der Waals surface area contributed by atoms with E-state index >= 15 is 0 Å². The van der Waals surface area contributed by atoms with Gasteiger partial charge in [-0.1, -0.05) is 31.9 Å². The molecule has 0 saturated heterocycles. The lowest BCUT2D eigenvalue weighted by atomic mass is 10.0. The molecule has 1 aromatic carbocycles. The molecule has 2 unspecified atom stereocenters. The molecule has 3 amide bonds. The van der Waals surface area contributed by atoms with Crippen LogP contribution in [-0.4, -0.2) is 64.7 Å². The first-order chi connectivity index (χ1) is 16.0. The molecule has 0 aliphatic heterocycles. The first kappa shape index (κ1) is 29.6. The minimum absolute atomic E-state index is 0.0738. The number of benzene rings is 1. The van der Waals surface area contributed by atoms with E-state index in [0.717, 1.165) is 19.3 Å². The number of ether oxygens (including phenoxy) is 1. The first-order valence-electron chi connectivity index (χ1n) is 11.9. The van der Waals surface area contributed by atoms with Crippen LogP contribution in [0.15, 0.2) is 24.3 Å². The molecule has 1 aromatic rings. The largest absolute Gasteiger partial charge is 0.508 e. The van der Waals surface area contributed by atoms with Crippen molar-refractivity contribution in [2.45, 2.75) is 78.0 Å². The van der Waals surface area contributed by atoms with Crippen molar-refractivity contribution < 1.29 is 24.2 Å². The molecule has 0 aliphatic carbocycles. The van der Waals surface area contributed by atoms with Gasteiger partial charge in [0.15, 0.2) is 0 Å². The van der Waals surface area contributed by atoms with E-state index in [4.69, 9.17) is 4.74 Å². The van der Waals surface area contributed by atoms with Crippen LogP contribution in [0.1, 0.15) is 71.9 Å². The highest BCUT2D eigenvalue weighted by Gasteiger charge is 2.35. The fraction of sp³-hybridized carbons (Fsp3) is 0.640. The minimum Gasteiger partial charge on any atom is -0.508 e. The lowest BCUT2D eigenvalue weighted by Crippen LogP contribution is -2.53. The second-order valence-electron chi connectivity index (χ2n) is 9.10. The van der Waals surface area contributed by atoms with Crippen molar-refractivity contribution in [3.8, 4) is 5.75 Å². The van der Waals surface area contributed by atoms with Gasteiger partial charge in [0.2, 0.25) is 11.8 Å². The Morgan fingerprint density at radius 2 is 1.76 bits per heavy atom. The van der Waals surface area contributed by atoms with Gasteiger partial charge in [-0.3, -0.25) is 9.59 Å². The molecule has 0 saturated carbocycles. The third-order valence-electron chi connectivity index (χ3n) is 5.07. The highest BCUT2D eigenvalue weighted by atomic mass is 32.2. The third kappa shape index (κ3) is 10.2. The first-order valence-corrected chi connectivity index (χ1v) is 13.3. The van der Waals surface area contributed by atoms with Crippen molar-refractivity contribution in [3.05, 3.63) is 29.8 Å². The summed E-state index contributed by atoms with van der Waals surface area (Å²) in [5, 5.41) is 15.4. The summed E-state index contributed by atoms with van der Waals surface area (Å²) in [5.41, 5.74) is -0.115. The van der Waals surface area contributed by atoms with Gasteiger partial charge in [0.1, 0.15) is 23.4 Å². The Balaban J connectivity index is 3.22. The number of nitrogens with zero attached hydrogens (tertiary/aromatic N) is 1. The molecule has 0 radical (unpaired) electrons. The summed E-state index contributed by atoms with van der Waals surface area (Å²) in [6.07, 6.45) is 4.53. The summed E-state index contributed by atoms with van der Waals surface area (Å²) in [5.74, 6) is 0.0726. The van der Waals surface area contributed by atoms with Gasteiger partial charge in [-0.25, -0.2) is 4.79 Å². The smallest absolute Gasteiger partial charge is 0.408 e. The summed E-state index contributed by atoms with van der Waals surface area (Å²) < 4.78 is 5.36. The lowest BCUT2D eigenvalue weighted by Gasteiger charge is -2.33. The van der Waals surface area contributed by atoms with Gasteiger partial charge in [0, 0.05) is 13.1 Å². The maximum atomic E-state index is 13.7. The zero-order valence-corrected chi connectivity index (χ0v) is 22.2. The van der Waals surface area contributed by atoms with Gasteiger partial charge in [-0.2, -0.15) is 11.8 Å². The number of likely N-dealkylation sites (N-methyl/N-ethyl adjacent to an activating group) is 1. The number of amides is 3. The highest BCUT2D eigenvalue weighted by Crippen LogP contribution is 2.25. The molecule has 3 N–H and O–H groups in total. The Kier molecular flexibility index (Phi) is 12.9. The van der Waals surface area contributed by atoms with E-state index < -0.39 is 23.8 Å². The quantitative estimate of drug-likeness (QED) is 0.353. The maximum absolute atomic E-state index is 13.7. The van der Waals surface area contributed by atoms with E-state index in [1.165, 1.54) is 17.0 Å². The van der Waals surface area contributed by atoms with Gasteiger partial charge in [-0.05, 0) is 70.2 Å². The Bertz CT molecular complexity index is 780. The topological polar surface area (TPSA) is 108 Å². The van der Waals surface area contributed by atoms with Crippen LogP contribution >= 0.6 is 11.8 Å². The highest BCUT2D eigenvalue weighted by molar-refractivity contribution is 7.98. The summed E-state index contributed by atoms with van der Waals surface area (Å²) in [6.45, 7) is 9.94. The monoisotopic (exact) mass is 495 g/mol. The standard InChI is InChI=1S/C25H41N3O5S/c1-7-9-10-16-26-22(30)21(18-11-13-19(29)14-12-18)28(8-2)23(31)20(15-17-34-6)27-24(32)33-25(3,4)5/h11-14,20-21,29H,7-10,15-17H2,1-6H3,(H,26,30)(H,27,32). The number of carbonyl (C=O) groups excluding carboxylic acids is 3. The van der Waals surface area contributed by atoms with E-state index in [1.54, 1.807) is 51.6 Å². The van der Waals surface area contributed by atoms with Crippen LogP contribution in [0, 0.1) is 0 Å². The fourth-order valence-corrected chi connectivity index (χ4v) is 3.89. The van der Waals surface area contributed by atoms with Crippen molar-refractivity contribution in [3.63, 3.8) is 0 Å². The Hall–Kier alpha value is -2.42. The lowest BCUT2D eigenvalue weighted by molar-refractivity contribution is -0.142. The molecule has 8 nitrogen and oxygen atoms in total. The number of rotatable bonds is 13.